The Bertz CT molecular complexity index is 763. The van der Waals surface area contributed by atoms with Gasteiger partial charge in [0.25, 0.3) is 0 Å². The van der Waals surface area contributed by atoms with Gasteiger partial charge in [0.2, 0.25) is 0 Å². The quantitative estimate of drug-likeness (QED) is 0.596. The summed E-state index contributed by atoms with van der Waals surface area (Å²) in [7, 11) is 0. The lowest BCUT2D eigenvalue weighted by molar-refractivity contribution is 0.282. The minimum absolute atomic E-state index is 0. The Balaban J connectivity index is 0.00000196. The molecule has 2 aliphatic rings. The van der Waals surface area contributed by atoms with Crippen LogP contribution in [-0.2, 0) is 13.0 Å². The largest absolute Gasteiger partial charge is 0.392 e. The first-order valence-corrected chi connectivity index (χ1v) is 8.91. The molecule has 3 N–H and O–H groups in total. The van der Waals surface area contributed by atoms with E-state index >= 15 is 0 Å². The van der Waals surface area contributed by atoms with Gasteiger partial charge in [-0.15, -0.1) is 24.0 Å². The molecule has 0 radical (unpaired) electrons. The summed E-state index contributed by atoms with van der Waals surface area (Å²) in [6.45, 7) is 3.78. The van der Waals surface area contributed by atoms with Gasteiger partial charge in [-0.3, -0.25) is 4.99 Å². The van der Waals surface area contributed by atoms with Crippen LogP contribution >= 0.6 is 24.0 Å². The lowest BCUT2D eigenvalue weighted by Crippen LogP contribution is -2.39. The summed E-state index contributed by atoms with van der Waals surface area (Å²) in [6.07, 6.45) is 1.14. The van der Waals surface area contributed by atoms with Crippen molar-refractivity contribution < 1.29 is 5.11 Å². The van der Waals surface area contributed by atoms with E-state index < -0.39 is 0 Å². The molecule has 0 saturated heterocycles. The van der Waals surface area contributed by atoms with E-state index in [-0.39, 0.29) is 36.6 Å². The monoisotopic (exact) mass is 464 g/mol. The van der Waals surface area contributed by atoms with E-state index in [9.17, 15) is 0 Å². The zero-order valence-electron chi connectivity index (χ0n) is 14.7. The van der Waals surface area contributed by atoms with Crippen LogP contribution in [0.2, 0.25) is 0 Å². The van der Waals surface area contributed by atoms with E-state index in [1.807, 2.05) is 12.1 Å². The molecular formula is C20H25IN4O. The number of guanidine groups is 1. The molecular weight excluding hydrogens is 439 g/mol. The van der Waals surface area contributed by atoms with Crippen LogP contribution in [0.25, 0.3) is 0 Å². The summed E-state index contributed by atoms with van der Waals surface area (Å²) < 4.78 is 0. The molecule has 26 heavy (non-hydrogen) atoms. The van der Waals surface area contributed by atoms with Crippen molar-refractivity contribution in [3.63, 3.8) is 0 Å². The van der Waals surface area contributed by atoms with Crippen LogP contribution in [0.3, 0.4) is 0 Å². The number of halogens is 1. The van der Waals surface area contributed by atoms with Gasteiger partial charge < -0.3 is 20.6 Å². The molecule has 5 nitrogen and oxygen atoms in total. The Morgan fingerprint density at radius 3 is 2.77 bits per heavy atom. The molecule has 2 aromatic rings. The molecule has 2 aromatic carbocycles. The van der Waals surface area contributed by atoms with Gasteiger partial charge in [0.05, 0.1) is 19.2 Å². The molecule has 0 saturated carbocycles. The molecule has 2 aliphatic heterocycles. The molecule has 1 atom stereocenters. The third kappa shape index (κ3) is 4.12. The number of hydrogen-bond donors (Lipinski definition) is 3. The number of aliphatic hydroxyl groups excluding tert-OH is 1. The van der Waals surface area contributed by atoms with E-state index in [0.717, 1.165) is 44.1 Å². The molecule has 1 unspecified atom stereocenters. The highest BCUT2D eigenvalue weighted by molar-refractivity contribution is 14.0. The average Bonchev–Trinajstić information content (AvgIpc) is 3.30. The Morgan fingerprint density at radius 1 is 1.15 bits per heavy atom. The summed E-state index contributed by atoms with van der Waals surface area (Å²) >= 11 is 0. The Morgan fingerprint density at radius 2 is 1.96 bits per heavy atom. The zero-order chi connectivity index (χ0) is 17.1. The van der Waals surface area contributed by atoms with Gasteiger partial charge in [0.1, 0.15) is 0 Å². The van der Waals surface area contributed by atoms with Gasteiger partial charge in [0, 0.05) is 25.3 Å². The smallest absolute Gasteiger partial charge is 0.191 e. The summed E-state index contributed by atoms with van der Waals surface area (Å²) in [5, 5.41) is 16.0. The topological polar surface area (TPSA) is 59.9 Å². The number of nitrogens with zero attached hydrogens (tertiary/aromatic N) is 2. The minimum Gasteiger partial charge on any atom is -0.392 e. The molecule has 138 valence electrons. The van der Waals surface area contributed by atoms with Crippen molar-refractivity contribution in [3.05, 3.63) is 65.2 Å². The number of para-hydroxylation sites is 1. The highest BCUT2D eigenvalue weighted by atomic mass is 127. The molecule has 2 heterocycles. The van der Waals surface area contributed by atoms with Crippen LogP contribution in [-0.4, -0.2) is 37.2 Å². The van der Waals surface area contributed by atoms with Crippen molar-refractivity contribution in [1.82, 2.24) is 10.6 Å². The van der Waals surface area contributed by atoms with E-state index in [4.69, 9.17) is 5.11 Å². The molecule has 0 aliphatic carbocycles. The summed E-state index contributed by atoms with van der Waals surface area (Å²) in [6, 6.07) is 16.9. The van der Waals surface area contributed by atoms with Crippen molar-refractivity contribution in [1.29, 1.82) is 0 Å². The van der Waals surface area contributed by atoms with Crippen LogP contribution in [0.4, 0.5) is 5.69 Å². The zero-order valence-corrected chi connectivity index (χ0v) is 17.0. The van der Waals surface area contributed by atoms with Crippen molar-refractivity contribution in [2.75, 3.05) is 31.1 Å². The lowest BCUT2D eigenvalue weighted by atomic mass is 10.1. The van der Waals surface area contributed by atoms with Gasteiger partial charge in [-0.05, 0) is 29.2 Å². The van der Waals surface area contributed by atoms with Gasteiger partial charge >= 0.3 is 0 Å². The number of nitrogens with one attached hydrogen (secondary N) is 2. The normalized spacial score (nSPS) is 18.0. The van der Waals surface area contributed by atoms with Crippen LogP contribution in [0.5, 0.6) is 0 Å². The minimum atomic E-state index is 0. The summed E-state index contributed by atoms with van der Waals surface area (Å²) in [4.78, 5) is 7.00. The molecule has 0 amide bonds. The van der Waals surface area contributed by atoms with Crippen LogP contribution in [0.15, 0.2) is 53.5 Å². The molecule has 0 spiro atoms. The third-order valence-electron chi connectivity index (χ3n) is 4.97. The first-order valence-electron chi connectivity index (χ1n) is 8.91. The van der Waals surface area contributed by atoms with Gasteiger partial charge in [-0.1, -0.05) is 42.5 Å². The second kappa shape index (κ2) is 8.73. The summed E-state index contributed by atoms with van der Waals surface area (Å²) in [5.74, 6) is 0.878. The number of benzene rings is 2. The molecule has 6 heteroatoms. The molecule has 4 rings (SSSR count). The Kier molecular flexibility index (Phi) is 6.37. The maximum absolute atomic E-state index is 9.13. The molecule has 0 fully saturated rings. The maximum atomic E-state index is 9.13. The lowest BCUT2D eigenvalue weighted by Gasteiger charge is -2.20. The van der Waals surface area contributed by atoms with E-state index in [1.165, 1.54) is 16.8 Å². The number of rotatable bonds is 5. The van der Waals surface area contributed by atoms with Crippen molar-refractivity contribution >= 4 is 35.6 Å². The van der Waals surface area contributed by atoms with Crippen molar-refractivity contribution in [2.45, 2.75) is 19.1 Å². The number of aliphatic imine (C=N–C) groups is 1. The third-order valence-corrected chi connectivity index (χ3v) is 4.97. The number of fused-ring (bicyclic) bond motifs is 1. The summed E-state index contributed by atoms with van der Waals surface area (Å²) in [5.41, 5.74) is 4.95. The predicted octanol–water partition coefficient (Wildman–Crippen LogP) is 2.45. The van der Waals surface area contributed by atoms with Crippen LogP contribution in [0.1, 0.15) is 22.7 Å². The van der Waals surface area contributed by atoms with E-state index in [2.05, 4.69) is 56.9 Å². The SMILES string of the molecule is I.OCc1ccc(C2CN=C(NCCN3CCc4ccccc43)N2)cc1. The maximum Gasteiger partial charge on any atom is 0.191 e. The molecule has 0 aromatic heterocycles. The first kappa shape index (κ1) is 19.0. The highest BCUT2D eigenvalue weighted by Gasteiger charge is 2.20. The fourth-order valence-electron chi connectivity index (χ4n) is 3.54. The Labute approximate surface area is 171 Å². The number of hydrogen-bond acceptors (Lipinski definition) is 5. The van der Waals surface area contributed by atoms with E-state index in [0.29, 0.717) is 0 Å². The fraction of sp³-hybridized carbons (Fsp3) is 0.350. The fourth-order valence-corrected chi connectivity index (χ4v) is 3.54. The van der Waals surface area contributed by atoms with Crippen LogP contribution < -0.4 is 15.5 Å². The van der Waals surface area contributed by atoms with E-state index in [1.54, 1.807) is 0 Å². The Hall–Kier alpha value is -1.80. The standard InChI is InChI=1S/C20H24N4O.HI/c25-14-15-5-7-16(8-6-15)18-13-22-20(23-18)21-10-12-24-11-9-17-3-1-2-4-19(17)24;/h1-8,18,25H,9-14H2,(H2,21,22,23);1H. The number of aliphatic hydroxyl groups is 1. The molecule has 0 bridgehead atoms. The second-order valence-corrected chi connectivity index (χ2v) is 6.58. The number of anilines is 1. The van der Waals surface area contributed by atoms with Gasteiger partial charge in [0.15, 0.2) is 5.96 Å². The van der Waals surface area contributed by atoms with Gasteiger partial charge in [-0.2, -0.15) is 0 Å². The predicted molar refractivity (Wildman–Crippen MR) is 116 cm³/mol. The highest BCUT2D eigenvalue weighted by Crippen LogP contribution is 2.26. The second-order valence-electron chi connectivity index (χ2n) is 6.58. The van der Waals surface area contributed by atoms with Crippen molar-refractivity contribution in [3.8, 4) is 0 Å². The van der Waals surface area contributed by atoms with Gasteiger partial charge in [-0.25, -0.2) is 0 Å². The first-order chi connectivity index (χ1) is 12.3. The van der Waals surface area contributed by atoms with Crippen LogP contribution in [0, 0.1) is 0 Å². The van der Waals surface area contributed by atoms with Crippen molar-refractivity contribution in [2.24, 2.45) is 4.99 Å². The average molecular weight is 464 g/mol.